The highest BCUT2D eigenvalue weighted by Crippen LogP contribution is 2.32. The van der Waals surface area contributed by atoms with Gasteiger partial charge in [0.25, 0.3) is 0 Å². The number of halogens is 3. The van der Waals surface area contributed by atoms with Crippen molar-refractivity contribution in [2.45, 2.75) is 6.92 Å². The fourth-order valence-electron chi connectivity index (χ4n) is 1.88. The molecule has 2 rings (SSSR count). The first-order chi connectivity index (χ1) is 9.42. The van der Waals surface area contributed by atoms with Crippen molar-refractivity contribution in [3.05, 3.63) is 61.5 Å². The summed E-state index contributed by atoms with van der Waals surface area (Å²) in [5.41, 5.74) is 1.90. The van der Waals surface area contributed by atoms with E-state index in [1.54, 1.807) is 12.1 Å². The lowest BCUT2D eigenvalue weighted by Gasteiger charge is -2.09. The third-order valence-corrected chi connectivity index (χ3v) is 3.86. The second-order valence-electron chi connectivity index (χ2n) is 4.31. The number of ketones is 1. The lowest BCUT2D eigenvalue weighted by molar-refractivity contribution is 0.103. The minimum atomic E-state index is -0.177. The minimum absolute atomic E-state index is 0.177. The van der Waals surface area contributed by atoms with E-state index in [9.17, 15) is 4.79 Å². The molecule has 0 saturated carbocycles. The van der Waals surface area contributed by atoms with Crippen molar-refractivity contribution < 1.29 is 9.53 Å². The molecule has 0 radical (unpaired) electrons. The first-order valence-corrected chi connectivity index (χ1v) is 7.32. The largest absolute Gasteiger partial charge is 0.495 e. The van der Waals surface area contributed by atoms with Gasteiger partial charge >= 0.3 is 0 Å². The third-order valence-electron chi connectivity index (χ3n) is 2.79. The maximum absolute atomic E-state index is 12.5. The number of carbonyl (C=O) groups excluding carboxylic acids is 1. The van der Waals surface area contributed by atoms with Gasteiger partial charge in [-0.3, -0.25) is 4.79 Å². The lowest BCUT2D eigenvalue weighted by atomic mass is 10.0. The number of hydrogen-bond acceptors (Lipinski definition) is 2. The normalized spacial score (nSPS) is 10.4. The van der Waals surface area contributed by atoms with E-state index in [0.717, 1.165) is 10.0 Å². The monoisotopic (exact) mass is 372 g/mol. The maximum Gasteiger partial charge on any atom is 0.194 e. The van der Waals surface area contributed by atoms with Crippen LogP contribution in [0.3, 0.4) is 0 Å². The number of benzene rings is 2. The third kappa shape index (κ3) is 3.17. The minimum Gasteiger partial charge on any atom is -0.495 e. The molecular formula is C15H11BrCl2O2. The van der Waals surface area contributed by atoms with Crippen LogP contribution >= 0.6 is 39.1 Å². The van der Waals surface area contributed by atoms with Crippen LogP contribution in [0.1, 0.15) is 21.5 Å². The summed E-state index contributed by atoms with van der Waals surface area (Å²) in [6, 6.07) is 8.56. The van der Waals surface area contributed by atoms with Crippen molar-refractivity contribution >= 4 is 44.9 Å². The Morgan fingerprint density at radius 1 is 1.10 bits per heavy atom. The highest BCUT2D eigenvalue weighted by Gasteiger charge is 2.16. The van der Waals surface area contributed by atoms with E-state index in [0.29, 0.717) is 26.9 Å². The molecule has 104 valence electrons. The van der Waals surface area contributed by atoms with Crippen molar-refractivity contribution in [1.82, 2.24) is 0 Å². The molecule has 0 atom stereocenters. The number of hydrogen-bond donors (Lipinski definition) is 0. The summed E-state index contributed by atoms with van der Waals surface area (Å²) in [6.07, 6.45) is 0. The molecule has 5 heteroatoms. The van der Waals surface area contributed by atoms with Gasteiger partial charge in [0, 0.05) is 21.7 Å². The molecule has 0 aliphatic heterocycles. The standard InChI is InChI=1S/C15H11BrCl2O2/c1-8-3-9(5-10(16)4-8)15(19)11-6-13(18)14(20-2)7-12(11)17/h3-7H,1-2H3. The van der Waals surface area contributed by atoms with Gasteiger partial charge in [0.15, 0.2) is 5.78 Å². The molecule has 0 bridgehead atoms. The Kier molecular flexibility index (Phi) is 4.74. The van der Waals surface area contributed by atoms with Crippen LogP contribution in [0.5, 0.6) is 5.75 Å². The van der Waals surface area contributed by atoms with Crippen LogP contribution < -0.4 is 4.74 Å². The van der Waals surface area contributed by atoms with Crippen LogP contribution in [0.2, 0.25) is 10.0 Å². The molecule has 2 aromatic carbocycles. The van der Waals surface area contributed by atoms with Gasteiger partial charge in [-0.15, -0.1) is 0 Å². The highest BCUT2D eigenvalue weighted by atomic mass is 79.9. The molecule has 0 fully saturated rings. The molecule has 0 N–H and O–H groups in total. The molecular weight excluding hydrogens is 363 g/mol. The molecule has 0 heterocycles. The predicted octanol–water partition coefficient (Wildman–Crippen LogP) is 5.30. The summed E-state index contributed by atoms with van der Waals surface area (Å²) in [4.78, 5) is 12.5. The Hall–Kier alpha value is -1.03. The van der Waals surface area contributed by atoms with Crippen LogP contribution in [-0.2, 0) is 0 Å². The van der Waals surface area contributed by atoms with Crippen LogP contribution in [0.4, 0.5) is 0 Å². The summed E-state index contributed by atoms with van der Waals surface area (Å²) in [5, 5.41) is 0.667. The maximum atomic E-state index is 12.5. The van der Waals surface area contributed by atoms with Gasteiger partial charge < -0.3 is 4.74 Å². The Balaban J connectivity index is 2.50. The van der Waals surface area contributed by atoms with Gasteiger partial charge in [-0.1, -0.05) is 39.1 Å². The van der Waals surface area contributed by atoms with Gasteiger partial charge in [-0.2, -0.15) is 0 Å². The van der Waals surface area contributed by atoms with E-state index in [1.165, 1.54) is 13.2 Å². The van der Waals surface area contributed by atoms with Crippen LogP contribution in [-0.4, -0.2) is 12.9 Å². The molecule has 0 unspecified atom stereocenters. The summed E-state index contributed by atoms with van der Waals surface area (Å²) in [5.74, 6) is 0.266. The fourth-order valence-corrected chi connectivity index (χ4v) is 2.97. The molecule has 0 aliphatic rings. The van der Waals surface area contributed by atoms with Crippen LogP contribution in [0.25, 0.3) is 0 Å². The second kappa shape index (κ2) is 6.17. The Morgan fingerprint density at radius 3 is 2.40 bits per heavy atom. The van der Waals surface area contributed by atoms with Crippen molar-refractivity contribution in [3.8, 4) is 5.75 Å². The molecule has 0 saturated heterocycles. The SMILES string of the molecule is COc1cc(Cl)c(C(=O)c2cc(C)cc(Br)c2)cc1Cl. The summed E-state index contributed by atoms with van der Waals surface area (Å²) < 4.78 is 5.91. The molecule has 0 aromatic heterocycles. The van der Waals surface area contributed by atoms with Gasteiger partial charge in [0.1, 0.15) is 5.75 Å². The average molecular weight is 374 g/mol. The number of ether oxygens (including phenoxy) is 1. The lowest BCUT2D eigenvalue weighted by Crippen LogP contribution is -2.03. The van der Waals surface area contributed by atoms with Crippen molar-refractivity contribution in [2.24, 2.45) is 0 Å². The first-order valence-electron chi connectivity index (χ1n) is 5.77. The summed E-state index contributed by atoms with van der Waals surface area (Å²) in [7, 11) is 1.50. The van der Waals surface area contributed by atoms with Crippen LogP contribution in [0, 0.1) is 6.92 Å². The zero-order valence-corrected chi connectivity index (χ0v) is 13.9. The van der Waals surface area contributed by atoms with E-state index in [4.69, 9.17) is 27.9 Å². The van der Waals surface area contributed by atoms with Gasteiger partial charge in [0.05, 0.1) is 17.2 Å². The fraction of sp³-hybridized carbons (Fsp3) is 0.133. The zero-order valence-electron chi connectivity index (χ0n) is 10.8. The highest BCUT2D eigenvalue weighted by molar-refractivity contribution is 9.10. The quantitative estimate of drug-likeness (QED) is 0.682. The number of methoxy groups -OCH3 is 1. The Morgan fingerprint density at radius 2 is 1.80 bits per heavy atom. The first kappa shape index (κ1) is 15.4. The molecule has 0 aliphatic carbocycles. The molecule has 2 nitrogen and oxygen atoms in total. The molecule has 0 spiro atoms. The predicted molar refractivity (Wildman–Crippen MR) is 85.3 cm³/mol. The smallest absolute Gasteiger partial charge is 0.194 e. The van der Waals surface area contributed by atoms with Crippen molar-refractivity contribution in [2.75, 3.05) is 7.11 Å². The topological polar surface area (TPSA) is 26.3 Å². The van der Waals surface area contributed by atoms with Crippen molar-refractivity contribution in [1.29, 1.82) is 0 Å². The summed E-state index contributed by atoms with van der Waals surface area (Å²) in [6.45, 7) is 1.92. The van der Waals surface area contributed by atoms with Crippen molar-refractivity contribution in [3.63, 3.8) is 0 Å². The van der Waals surface area contributed by atoms with Gasteiger partial charge in [-0.05, 0) is 36.8 Å². The number of rotatable bonds is 3. The second-order valence-corrected chi connectivity index (χ2v) is 6.04. The zero-order chi connectivity index (χ0) is 14.9. The van der Waals surface area contributed by atoms with Gasteiger partial charge in [0.2, 0.25) is 0 Å². The molecule has 0 amide bonds. The molecule has 2 aromatic rings. The number of aryl methyl sites for hydroxylation is 1. The Bertz CT molecular complexity index is 664. The van der Waals surface area contributed by atoms with E-state index in [1.807, 2.05) is 19.1 Å². The van der Waals surface area contributed by atoms with Crippen LogP contribution in [0.15, 0.2) is 34.8 Å². The van der Waals surface area contributed by atoms with E-state index in [-0.39, 0.29) is 5.78 Å². The van der Waals surface area contributed by atoms with E-state index >= 15 is 0 Å². The van der Waals surface area contributed by atoms with Gasteiger partial charge in [-0.25, -0.2) is 0 Å². The summed E-state index contributed by atoms with van der Waals surface area (Å²) >= 11 is 15.6. The average Bonchev–Trinajstić information content (AvgIpc) is 2.39. The Labute approximate surface area is 135 Å². The molecule has 20 heavy (non-hydrogen) atoms. The van der Waals surface area contributed by atoms with E-state index < -0.39 is 0 Å². The van der Waals surface area contributed by atoms with E-state index in [2.05, 4.69) is 15.9 Å². The number of carbonyl (C=O) groups is 1.